The standard InChI is InChI=1S/C9H10NO4P/c11-7-3-1-6(2-4-7)5-8(9(12)13)10-15-14/h1-4,8,11H,5H2,(H,10,14)(H,12,13)/p+1. The molecule has 0 aliphatic heterocycles. The van der Waals surface area contributed by atoms with Gasteiger partial charge in [0.1, 0.15) is 5.75 Å². The normalized spacial score (nSPS) is 12.5. The Morgan fingerprint density at radius 3 is 2.47 bits per heavy atom. The third-order valence-electron chi connectivity index (χ3n) is 1.91. The van der Waals surface area contributed by atoms with Crippen LogP contribution in [0.25, 0.3) is 0 Å². The van der Waals surface area contributed by atoms with Gasteiger partial charge in [0.25, 0.3) is 0 Å². The van der Waals surface area contributed by atoms with Crippen molar-refractivity contribution in [2.45, 2.75) is 12.5 Å². The SMILES string of the molecule is O=[PH+]NC(Cc1ccc(O)cc1)C(=O)O. The Bertz CT molecular complexity index is 352. The number of phenolic OH excluding ortho intramolecular Hbond substituents is 1. The Balaban J connectivity index is 2.69. The molecule has 0 aliphatic rings. The summed E-state index contributed by atoms with van der Waals surface area (Å²) in [4.78, 5) is 10.7. The fraction of sp³-hybridized carbons (Fsp3) is 0.222. The molecule has 5 nitrogen and oxygen atoms in total. The molecule has 1 aromatic carbocycles. The molecule has 0 aliphatic carbocycles. The number of benzene rings is 1. The van der Waals surface area contributed by atoms with Crippen molar-refractivity contribution in [1.82, 2.24) is 5.09 Å². The van der Waals surface area contributed by atoms with Gasteiger partial charge in [-0.1, -0.05) is 21.8 Å². The number of aliphatic carboxylic acids is 1. The smallest absolute Gasteiger partial charge is 0.419 e. The van der Waals surface area contributed by atoms with E-state index in [1.54, 1.807) is 12.1 Å². The highest BCUT2D eigenvalue weighted by atomic mass is 31.1. The minimum atomic E-state index is -1.05. The molecule has 2 atom stereocenters. The number of hydrogen-bond acceptors (Lipinski definition) is 3. The molecule has 1 aromatic rings. The van der Waals surface area contributed by atoms with Gasteiger partial charge in [-0.05, 0) is 17.7 Å². The van der Waals surface area contributed by atoms with Crippen molar-refractivity contribution in [3.63, 3.8) is 0 Å². The highest BCUT2D eigenvalue weighted by molar-refractivity contribution is 7.21. The Hall–Kier alpha value is -1.45. The van der Waals surface area contributed by atoms with Gasteiger partial charge in [0, 0.05) is 6.42 Å². The Morgan fingerprint density at radius 2 is 2.00 bits per heavy atom. The van der Waals surface area contributed by atoms with Gasteiger partial charge < -0.3 is 10.2 Å². The minimum absolute atomic E-state index is 0.129. The molecule has 0 fully saturated rings. The molecular weight excluding hydrogens is 217 g/mol. The first-order chi connectivity index (χ1) is 7.13. The average Bonchev–Trinajstić information content (AvgIpc) is 2.20. The van der Waals surface area contributed by atoms with E-state index < -0.39 is 20.6 Å². The molecule has 1 rings (SSSR count). The summed E-state index contributed by atoms with van der Waals surface area (Å²) in [6.07, 6.45) is 0.227. The Kier molecular flexibility index (Phi) is 4.21. The molecule has 3 N–H and O–H groups in total. The van der Waals surface area contributed by atoms with E-state index in [0.717, 1.165) is 5.56 Å². The van der Waals surface area contributed by atoms with Crippen molar-refractivity contribution in [2.75, 3.05) is 0 Å². The molecule has 80 valence electrons. The molecule has 0 spiro atoms. The second-order valence-electron chi connectivity index (χ2n) is 3.01. The van der Waals surface area contributed by atoms with Gasteiger partial charge in [-0.25, -0.2) is 0 Å². The quantitative estimate of drug-likeness (QED) is 0.652. The van der Waals surface area contributed by atoms with Crippen LogP contribution in [0.3, 0.4) is 0 Å². The lowest BCUT2D eigenvalue weighted by atomic mass is 10.1. The van der Waals surface area contributed by atoms with Crippen LogP contribution in [0.1, 0.15) is 5.56 Å². The summed E-state index contributed by atoms with van der Waals surface area (Å²) < 4.78 is 10.3. The van der Waals surface area contributed by atoms with Crippen molar-refractivity contribution in [2.24, 2.45) is 0 Å². The second kappa shape index (κ2) is 5.44. The molecule has 0 bridgehead atoms. The van der Waals surface area contributed by atoms with Crippen LogP contribution in [0.15, 0.2) is 24.3 Å². The average molecular weight is 228 g/mol. The fourth-order valence-electron chi connectivity index (χ4n) is 1.14. The molecule has 15 heavy (non-hydrogen) atoms. The zero-order valence-electron chi connectivity index (χ0n) is 7.80. The van der Waals surface area contributed by atoms with Gasteiger partial charge in [-0.2, -0.15) is 0 Å². The van der Waals surface area contributed by atoms with Crippen LogP contribution >= 0.6 is 8.61 Å². The van der Waals surface area contributed by atoms with Crippen LogP contribution in [0.4, 0.5) is 0 Å². The van der Waals surface area contributed by atoms with Gasteiger partial charge in [0.05, 0.1) is 0 Å². The monoisotopic (exact) mass is 228 g/mol. The largest absolute Gasteiger partial charge is 0.508 e. The third-order valence-corrected chi connectivity index (χ3v) is 2.37. The molecule has 0 aromatic heterocycles. The molecule has 0 amide bonds. The van der Waals surface area contributed by atoms with E-state index in [4.69, 9.17) is 10.2 Å². The van der Waals surface area contributed by atoms with Crippen molar-refractivity contribution >= 4 is 14.6 Å². The Labute approximate surface area is 88.0 Å². The van der Waals surface area contributed by atoms with Crippen molar-refractivity contribution in [3.8, 4) is 5.75 Å². The van der Waals surface area contributed by atoms with Crippen molar-refractivity contribution in [3.05, 3.63) is 29.8 Å². The highest BCUT2D eigenvalue weighted by Crippen LogP contribution is 2.11. The number of rotatable bonds is 5. The highest BCUT2D eigenvalue weighted by Gasteiger charge is 2.20. The van der Waals surface area contributed by atoms with E-state index in [0.29, 0.717) is 0 Å². The predicted molar refractivity (Wildman–Crippen MR) is 55.4 cm³/mol. The van der Waals surface area contributed by atoms with Crippen LogP contribution in [0.5, 0.6) is 5.75 Å². The zero-order valence-corrected chi connectivity index (χ0v) is 8.80. The molecular formula is C9H11NO4P+. The maximum Gasteiger partial charge on any atom is 0.419 e. The summed E-state index contributed by atoms with van der Waals surface area (Å²) in [5.41, 5.74) is 0.756. The Morgan fingerprint density at radius 1 is 1.40 bits per heavy atom. The minimum Gasteiger partial charge on any atom is -0.508 e. The van der Waals surface area contributed by atoms with Gasteiger partial charge in [-0.3, -0.25) is 4.79 Å². The first-order valence-electron chi connectivity index (χ1n) is 4.27. The van der Waals surface area contributed by atoms with Gasteiger partial charge in [0.15, 0.2) is 6.04 Å². The van der Waals surface area contributed by atoms with E-state index in [1.807, 2.05) is 0 Å². The number of phenols is 1. The summed E-state index contributed by atoms with van der Waals surface area (Å²) in [5.74, 6) is -0.921. The molecule has 0 saturated carbocycles. The first-order valence-corrected chi connectivity index (χ1v) is 5.17. The first kappa shape index (κ1) is 11.6. The van der Waals surface area contributed by atoms with Crippen molar-refractivity contribution in [1.29, 1.82) is 0 Å². The molecule has 0 heterocycles. The van der Waals surface area contributed by atoms with E-state index in [-0.39, 0.29) is 12.2 Å². The summed E-state index contributed by atoms with van der Waals surface area (Å²) in [6, 6.07) is 5.34. The lowest BCUT2D eigenvalue weighted by molar-refractivity contribution is -0.138. The van der Waals surface area contributed by atoms with Gasteiger partial charge in [0.2, 0.25) is 0 Å². The summed E-state index contributed by atoms with van der Waals surface area (Å²) in [6.45, 7) is 0. The van der Waals surface area contributed by atoms with Crippen molar-refractivity contribution < 1.29 is 19.6 Å². The fourth-order valence-corrected chi connectivity index (χ4v) is 1.51. The maximum absolute atomic E-state index is 10.7. The third kappa shape index (κ3) is 3.65. The summed E-state index contributed by atoms with van der Waals surface area (Å²) >= 11 is 0. The number of carbonyl (C=O) groups is 1. The van der Waals surface area contributed by atoms with E-state index in [2.05, 4.69) is 5.09 Å². The molecule has 6 heteroatoms. The van der Waals surface area contributed by atoms with Crippen LogP contribution in [-0.4, -0.2) is 22.2 Å². The van der Waals surface area contributed by atoms with Gasteiger partial charge >= 0.3 is 14.6 Å². The number of carboxylic acid groups (broad SMARTS) is 1. The molecule has 0 radical (unpaired) electrons. The lowest BCUT2D eigenvalue weighted by Crippen LogP contribution is -2.32. The maximum atomic E-state index is 10.7. The lowest BCUT2D eigenvalue weighted by Gasteiger charge is -2.06. The van der Waals surface area contributed by atoms with E-state index >= 15 is 0 Å². The van der Waals surface area contributed by atoms with Crippen LogP contribution in [-0.2, 0) is 15.8 Å². The van der Waals surface area contributed by atoms with Crippen LogP contribution in [0, 0.1) is 0 Å². The van der Waals surface area contributed by atoms with E-state index in [1.165, 1.54) is 12.1 Å². The number of carboxylic acids is 1. The summed E-state index contributed by atoms with van der Waals surface area (Å²) in [5, 5.41) is 20.2. The summed E-state index contributed by atoms with van der Waals surface area (Å²) in [7, 11) is -0.850. The predicted octanol–water partition coefficient (Wildman–Crippen LogP) is 0.916. The van der Waals surface area contributed by atoms with Gasteiger partial charge in [-0.15, -0.1) is 0 Å². The number of aromatic hydroxyl groups is 1. The van der Waals surface area contributed by atoms with Crippen LogP contribution < -0.4 is 5.09 Å². The topological polar surface area (TPSA) is 86.6 Å². The zero-order chi connectivity index (χ0) is 11.3. The number of nitrogens with one attached hydrogen (secondary N) is 1. The van der Waals surface area contributed by atoms with Crippen LogP contribution in [0.2, 0.25) is 0 Å². The number of hydrogen-bond donors (Lipinski definition) is 3. The second-order valence-corrected chi connectivity index (χ2v) is 3.50. The molecule has 2 unspecified atom stereocenters. The van der Waals surface area contributed by atoms with E-state index in [9.17, 15) is 9.36 Å². The molecule has 0 saturated heterocycles.